The van der Waals surface area contributed by atoms with Crippen LogP contribution in [0.25, 0.3) is 0 Å². The summed E-state index contributed by atoms with van der Waals surface area (Å²) in [5, 5.41) is 7.43. The minimum atomic E-state index is -0.543. The van der Waals surface area contributed by atoms with Crippen LogP contribution < -0.4 is 10.1 Å². The monoisotopic (exact) mass is 255 g/mol. The van der Waals surface area contributed by atoms with Gasteiger partial charge in [0.2, 0.25) is 5.88 Å². The number of carbonyl (C=O) groups is 1. The van der Waals surface area contributed by atoms with Crippen molar-refractivity contribution in [3.05, 3.63) is 11.3 Å². The van der Waals surface area contributed by atoms with Gasteiger partial charge in [-0.3, -0.25) is 0 Å². The second-order valence-corrected chi connectivity index (χ2v) is 4.04. The number of rotatable bonds is 6. The van der Waals surface area contributed by atoms with Gasteiger partial charge in [-0.15, -0.1) is 0 Å². The zero-order valence-corrected chi connectivity index (χ0v) is 11.6. The van der Waals surface area contributed by atoms with Crippen molar-refractivity contribution < 1.29 is 14.3 Å². The molecule has 1 N–H and O–H groups in total. The molecular formula is C12H21N3O3. The highest BCUT2D eigenvalue weighted by molar-refractivity contribution is 5.78. The molecule has 102 valence electrons. The Kier molecular flexibility index (Phi) is 5.15. The molecule has 0 amide bonds. The predicted molar refractivity (Wildman–Crippen MR) is 67.5 cm³/mol. The second-order valence-electron chi connectivity index (χ2n) is 4.04. The number of carbonyl (C=O) groups excluding carboxylic acids is 1. The van der Waals surface area contributed by atoms with Crippen molar-refractivity contribution in [2.45, 2.75) is 26.3 Å². The summed E-state index contributed by atoms with van der Waals surface area (Å²) >= 11 is 0. The third-order valence-electron chi connectivity index (χ3n) is 2.73. The highest BCUT2D eigenvalue weighted by atomic mass is 16.5. The lowest BCUT2D eigenvalue weighted by molar-refractivity contribution is -0.143. The minimum Gasteiger partial charge on any atom is -0.481 e. The van der Waals surface area contributed by atoms with Crippen LogP contribution >= 0.6 is 0 Å². The first kappa shape index (κ1) is 14.5. The van der Waals surface area contributed by atoms with E-state index < -0.39 is 6.04 Å². The molecule has 0 aliphatic carbocycles. The van der Waals surface area contributed by atoms with Crippen molar-refractivity contribution in [1.82, 2.24) is 15.1 Å². The van der Waals surface area contributed by atoms with Crippen LogP contribution in [0.5, 0.6) is 5.88 Å². The van der Waals surface area contributed by atoms with Gasteiger partial charge in [0.1, 0.15) is 6.04 Å². The molecule has 6 heteroatoms. The maximum absolute atomic E-state index is 11.9. The van der Waals surface area contributed by atoms with Gasteiger partial charge in [0.05, 0.1) is 25.5 Å². The predicted octanol–water partition coefficient (Wildman–Crippen LogP) is 0.951. The number of hydrogen-bond acceptors (Lipinski definition) is 5. The lowest BCUT2D eigenvalue weighted by Gasteiger charge is -2.17. The van der Waals surface area contributed by atoms with Crippen molar-refractivity contribution in [2.24, 2.45) is 7.05 Å². The molecule has 1 rings (SSSR count). The Labute approximate surface area is 107 Å². The molecule has 0 aliphatic heterocycles. The molecule has 0 spiro atoms. The SMILES string of the molecule is CCCNC(C(=O)OC)c1c(C)nn(C)c1OC. The fraction of sp³-hybridized carbons (Fsp3) is 0.667. The van der Waals surface area contributed by atoms with Crippen molar-refractivity contribution >= 4 is 5.97 Å². The van der Waals surface area contributed by atoms with Gasteiger partial charge in [0, 0.05) is 7.05 Å². The third kappa shape index (κ3) is 2.81. The molecule has 1 unspecified atom stereocenters. The van der Waals surface area contributed by atoms with Gasteiger partial charge < -0.3 is 14.8 Å². The van der Waals surface area contributed by atoms with E-state index in [1.54, 1.807) is 18.8 Å². The first-order valence-corrected chi connectivity index (χ1v) is 5.95. The number of aryl methyl sites for hydroxylation is 2. The van der Waals surface area contributed by atoms with Crippen molar-refractivity contribution in [2.75, 3.05) is 20.8 Å². The Morgan fingerprint density at radius 2 is 2.17 bits per heavy atom. The molecule has 0 saturated heterocycles. The van der Waals surface area contributed by atoms with Gasteiger partial charge in [-0.1, -0.05) is 6.92 Å². The first-order valence-electron chi connectivity index (χ1n) is 5.95. The van der Waals surface area contributed by atoms with Gasteiger partial charge in [0.25, 0.3) is 0 Å². The number of esters is 1. The van der Waals surface area contributed by atoms with Crippen molar-refractivity contribution in [1.29, 1.82) is 0 Å². The second kappa shape index (κ2) is 6.39. The fourth-order valence-corrected chi connectivity index (χ4v) is 1.94. The fourth-order valence-electron chi connectivity index (χ4n) is 1.94. The van der Waals surface area contributed by atoms with E-state index in [0.717, 1.165) is 24.2 Å². The molecule has 0 bridgehead atoms. The normalized spacial score (nSPS) is 12.3. The molecule has 1 aromatic heterocycles. The zero-order valence-electron chi connectivity index (χ0n) is 11.6. The van der Waals surface area contributed by atoms with Crippen molar-refractivity contribution in [3.63, 3.8) is 0 Å². The number of hydrogen-bond donors (Lipinski definition) is 1. The Morgan fingerprint density at radius 1 is 1.50 bits per heavy atom. The average Bonchev–Trinajstić information content (AvgIpc) is 2.64. The van der Waals surface area contributed by atoms with Crippen molar-refractivity contribution in [3.8, 4) is 5.88 Å². The van der Waals surface area contributed by atoms with E-state index in [9.17, 15) is 4.79 Å². The molecule has 1 heterocycles. The summed E-state index contributed by atoms with van der Waals surface area (Å²) in [6, 6.07) is -0.543. The summed E-state index contributed by atoms with van der Waals surface area (Å²) in [4.78, 5) is 11.9. The van der Waals surface area contributed by atoms with E-state index in [2.05, 4.69) is 10.4 Å². The standard InChI is InChI=1S/C12H21N3O3/c1-6-7-13-10(12(16)18-5)9-8(2)14-15(3)11(9)17-4/h10,13H,6-7H2,1-5H3. The van der Waals surface area contributed by atoms with Crippen LogP contribution in [0.4, 0.5) is 0 Å². The lowest BCUT2D eigenvalue weighted by atomic mass is 10.1. The van der Waals surface area contributed by atoms with Gasteiger partial charge in [-0.25, -0.2) is 9.48 Å². The molecule has 0 saturated carbocycles. The average molecular weight is 255 g/mol. The Hall–Kier alpha value is -1.56. The number of ether oxygens (including phenoxy) is 2. The molecule has 18 heavy (non-hydrogen) atoms. The van der Waals surface area contributed by atoms with E-state index in [1.165, 1.54) is 7.11 Å². The molecule has 0 aromatic carbocycles. The number of nitrogens with zero attached hydrogens (tertiary/aromatic N) is 2. The smallest absolute Gasteiger partial charge is 0.327 e. The molecule has 0 fully saturated rings. The van der Waals surface area contributed by atoms with Gasteiger partial charge in [-0.2, -0.15) is 5.10 Å². The summed E-state index contributed by atoms with van der Waals surface area (Å²) in [7, 11) is 4.72. The van der Waals surface area contributed by atoms with E-state index in [0.29, 0.717) is 5.88 Å². The van der Waals surface area contributed by atoms with Crippen LogP contribution in [0.15, 0.2) is 0 Å². The molecule has 1 aromatic rings. The summed E-state index contributed by atoms with van der Waals surface area (Å²) in [6.07, 6.45) is 0.926. The molecular weight excluding hydrogens is 234 g/mol. The Balaban J connectivity index is 3.15. The lowest BCUT2D eigenvalue weighted by Crippen LogP contribution is -2.30. The van der Waals surface area contributed by atoms with Gasteiger partial charge in [0.15, 0.2) is 0 Å². The maximum Gasteiger partial charge on any atom is 0.327 e. The van der Waals surface area contributed by atoms with E-state index in [1.807, 2.05) is 13.8 Å². The summed E-state index contributed by atoms with van der Waals surface area (Å²) in [6.45, 7) is 4.60. The molecule has 0 aliphatic rings. The van der Waals surface area contributed by atoms with Crippen LogP contribution in [-0.2, 0) is 16.6 Å². The Morgan fingerprint density at radius 3 is 2.67 bits per heavy atom. The zero-order chi connectivity index (χ0) is 13.7. The van der Waals surface area contributed by atoms with E-state index in [4.69, 9.17) is 9.47 Å². The summed E-state index contributed by atoms with van der Waals surface area (Å²) in [5.74, 6) is 0.240. The highest BCUT2D eigenvalue weighted by Gasteiger charge is 2.29. The number of nitrogens with one attached hydrogen (secondary N) is 1. The molecule has 6 nitrogen and oxygen atoms in total. The maximum atomic E-state index is 11.9. The van der Waals surface area contributed by atoms with Crippen LogP contribution in [-0.4, -0.2) is 36.5 Å². The van der Waals surface area contributed by atoms with Crippen LogP contribution in [0, 0.1) is 6.92 Å². The third-order valence-corrected chi connectivity index (χ3v) is 2.73. The number of aromatic nitrogens is 2. The van der Waals surface area contributed by atoms with E-state index >= 15 is 0 Å². The van der Waals surface area contributed by atoms with Crippen LogP contribution in [0.1, 0.15) is 30.6 Å². The highest BCUT2D eigenvalue weighted by Crippen LogP contribution is 2.28. The van der Waals surface area contributed by atoms with E-state index in [-0.39, 0.29) is 5.97 Å². The molecule has 0 radical (unpaired) electrons. The van der Waals surface area contributed by atoms with Crippen LogP contribution in [0.3, 0.4) is 0 Å². The van der Waals surface area contributed by atoms with Gasteiger partial charge in [-0.05, 0) is 19.9 Å². The summed E-state index contributed by atoms with van der Waals surface area (Å²) < 4.78 is 11.8. The first-order chi connectivity index (χ1) is 8.56. The minimum absolute atomic E-state index is 0.335. The Bertz CT molecular complexity index is 415. The topological polar surface area (TPSA) is 65.4 Å². The quantitative estimate of drug-likeness (QED) is 0.767. The molecule has 1 atom stereocenters. The number of methoxy groups -OCH3 is 2. The van der Waals surface area contributed by atoms with Gasteiger partial charge >= 0.3 is 5.97 Å². The summed E-state index contributed by atoms with van der Waals surface area (Å²) in [5.41, 5.74) is 1.49. The largest absolute Gasteiger partial charge is 0.481 e. The van der Waals surface area contributed by atoms with Crippen LogP contribution in [0.2, 0.25) is 0 Å².